The van der Waals surface area contributed by atoms with E-state index in [0.717, 1.165) is 11.1 Å². The molecule has 0 bridgehead atoms. The number of carbonyl (C=O) groups excluding carboxylic acids is 2. The Bertz CT molecular complexity index is 1520. The molecule has 1 atom stereocenters. The zero-order chi connectivity index (χ0) is 27.5. The smallest absolute Gasteiger partial charge is 0.322 e. The lowest BCUT2D eigenvalue weighted by molar-refractivity contribution is -0.118. The molecule has 1 aliphatic rings. The summed E-state index contributed by atoms with van der Waals surface area (Å²) in [6, 6.07) is 15.8. The van der Waals surface area contributed by atoms with Crippen LogP contribution in [0, 0.1) is 0 Å². The lowest BCUT2D eigenvalue weighted by atomic mass is 10.2. The zero-order valence-corrected chi connectivity index (χ0v) is 22.2. The number of carbonyl (C=O) groups is 2. The third-order valence-corrected chi connectivity index (χ3v) is 6.46. The molecule has 0 saturated heterocycles. The molecule has 200 valence electrons. The van der Waals surface area contributed by atoms with Crippen LogP contribution in [0.15, 0.2) is 67.0 Å². The van der Waals surface area contributed by atoms with E-state index in [1.165, 1.54) is 4.90 Å². The van der Waals surface area contributed by atoms with Crippen molar-refractivity contribution in [1.82, 2.24) is 24.6 Å². The number of amides is 3. The maximum atomic E-state index is 14.0. The summed E-state index contributed by atoms with van der Waals surface area (Å²) in [5, 5.41) is 9.81. The molecule has 39 heavy (non-hydrogen) atoms. The van der Waals surface area contributed by atoms with Crippen LogP contribution in [0.25, 0.3) is 0 Å². The van der Waals surface area contributed by atoms with Crippen molar-refractivity contribution >= 4 is 64.0 Å². The summed E-state index contributed by atoms with van der Waals surface area (Å²) in [6.07, 6.45) is 3.85. The van der Waals surface area contributed by atoms with Gasteiger partial charge in [0, 0.05) is 43.8 Å². The number of nitrogens with zero attached hydrogens (tertiary/aromatic N) is 6. The number of aromatic nitrogens is 4. The molecule has 0 aliphatic carbocycles. The molecule has 5 rings (SSSR count). The number of hydrogen-bond acceptors (Lipinski definition) is 6. The summed E-state index contributed by atoms with van der Waals surface area (Å²) in [6.45, 7) is 0.800. The number of nitrogens with one attached hydrogen (secondary N) is 2. The molecule has 13 heteroatoms. The van der Waals surface area contributed by atoms with E-state index >= 15 is 0 Å². The number of anilines is 5. The van der Waals surface area contributed by atoms with Gasteiger partial charge in [0.05, 0.1) is 11.4 Å². The zero-order valence-electron chi connectivity index (χ0n) is 20.7. The maximum absolute atomic E-state index is 14.0. The summed E-state index contributed by atoms with van der Waals surface area (Å²) < 4.78 is 14.9. The molecule has 2 aromatic carbocycles. The quantitative estimate of drug-likeness (QED) is 0.289. The first-order chi connectivity index (χ1) is 18.8. The fraction of sp³-hybridized carbons (Fsp3) is 0.192. The van der Waals surface area contributed by atoms with Crippen LogP contribution in [-0.2, 0) is 24.8 Å². The van der Waals surface area contributed by atoms with Crippen LogP contribution in [0.2, 0.25) is 5.15 Å². The van der Waals surface area contributed by atoms with E-state index in [0.29, 0.717) is 36.7 Å². The fourth-order valence-corrected chi connectivity index (χ4v) is 4.45. The predicted octanol–water partition coefficient (Wildman–Crippen LogP) is 5.40. The number of urea groups is 1. The highest BCUT2D eigenvalue weighted by atomic mass is 35.5. The summed E-state index contributed by atoms with van der Waals surface area (Å²) >= 11 is 11.5. The Morgan fingerprint density at radius 1 is 1.18 bits per heavy atom. The van der Waals surface area contributed by atoms with Gasteiger partial charge in [-0.1, -0.05) is 59.6 Å². The Morgan fingerprint density at radius 2 is 1.97 bits per heavy atom. The molecule has 0 fully saturated rings. The van der Waals surface area contributed by atoms with Crippen molar-refractivity contribution in [3.05, 3.63) is 83.3 Å². The minimum Gasteiger partial charge on any atom is -0.322 e. The van der Waals surface area contributed by atoms with Crippen molar-refractivity contribution in [2.24, 2.45) is 7.05 Å². The number of rotatable bonds is 7. The van der Waals surface area contributed by atoms with Crippen molar-refractivity contribution in [3.8, 4) is 0 Å². The number of alkyl halides is 2. The summed E-state index contributed by atoms with van der Waals surface area (Å²) in [7, 11) is 1.73. The molecule has 2 N–H and O–H groups in total. The molecule has 0 radical (unpaired) electrons. The van der Waals surface area contributed by atoms with Crippen molar-refractivity contribution in [3.63, 3.8) is 0 Å². The molecule has 4 aromatic rings. The van der Waals surface area contributed by atoms with Gasteiger partial charge in [-0.2, -0.15) is 10.1 Å². The van der Waals surface area contributed by atoms with Crippen molar-refractivity contribution in [2.75, 3.05) is 22.1 Å². The third kappa shape index (κ3) is 5.94. The van der Waals surface area contributed by atoms with Crippen LogP contribution >= 0.6 is 23.2 Å². The minimum atomic E-state index is -2.21. The Hall–Kier alpha value is -4.22. The molecular weight excluding hydrogens is 546 g/mol. The predicted molar refractivity (Wildman–Crippen MR) is 147 cm³/mol. The van der Waals surface area contributed by atoms with Gasteiger partial charge in [0.1, 0.15) is 5.82 Å². The fourth-order valence-electron chi connectivity index (χ4n) is 4.18. The lowest BCUT2D eigenvalue weighted by Crippen LogP contribution is -2.40. The Labute approximate surface area is 233 Å². The third-order valence-electron chi connectivity index (χ3n) is 5.98. The van der Waals surface area contributed by atoms with Gasteiger partial charge in [0.2, 0.25) is 5.95 Å². The number of halogens is 3. The SMILES string of the molecule is Cn1cc(Nc2ncc3c(n2)N(c2cccc(NC(=O)C(F)Cl)c2)C(=O)N(Cc2ccccc2)CC3)c(Cl)n1. The van der Waals surface area contributed by atoms with E-state index in [4.69, 9.17) is 23.2 Å². The van der Waals surface area contributed by atoms with Crippen LogP contribution in [0.5, 0.6) is 0 Å². The number of benzene rings is 2. The van der Waals surface area contributed by atoms with E-state index in [9.17, 15) is 14.0 Å². The molecule has 3 heterocycles. The molecule has 10 nitrogen and oxygen atoms in total. The minimum absolute atomic E-state index is 0.213. The Balaban J connectivity index is 1.55. The highest BCUT2D eigenvalue weighted by Crippen LogP contribution is 2.34. The van der Waals surface area contributed by atoms with Gasteiger partial charge < -0.3 is 15.5 Å². The second-order valence-electron chi connectivity index (χ2n) is 8.79. The highest BCUT2D eigenvalue weighted by molar-refractivity contribution is 6.32. The van der Waals surface area contributed by atoms with E-state index in [-0.39, 0.29) is 22.8 Å². The molecule has 2 aromatic heterocycles. The van der Waals surface area contributed by atoms with Gasteiger partial charge >= 0.3 is 6.03 Å². The first-order valence-electron chi connectivity index (χ1n) is 11.9. The first kappa shape index (κ1) is 26.4. The van der Waals surface area contributed by atoms with Crippen molar-refractivity contribution in [2.45, 2.75) is 18.6 Å². The standard InChI is InChI=1S/C26H23Cl2FN8O2/c1-35-15-20(22(28)34-35)32-25-30-13-17-10-11-36(14-16-6-3-2-4-7-16)26(39)37(23(17)33-25)19-9-5-8-18(12-19)31-24(38)21(27)29/h2-9,12-13,15,21H,10-11,14H2,1H3,(H,31,38)(H,30,32,33). The van der Waals surface area contributed by atoms with Crippen LogP contribution in [0.3, 0.4) is 0 Å². The Kier molecular flexibility index (Phi) is 7.62. The van der Waals surface area contributed by atoms with Gasteiger partial charge in [-0.05, 0) is 30.2 Å². The van der Waals surface area contributed by atoms with E-state index in [1.807, 2.05) is 30.3 Å². The molecular formula is C26H23Cl2FN8O2. The van der Waals surface area contributed by atoms with Gasteiger partial charge in [0.25, 0.3) is 11.5 Å². The van der Waals surface area contributed by atoms with E-state index in [1.54, 1.807) is 53.3 Å². The maximum Gasteiger partial charge on any atom is 0.330 e. The van der Waals surface area contributed by atoms with E-state index < -0.39 is 11.5 Å². The first-order valence-corrected chi connectivity index (χ1v) is 12.7. The van der Waals surface area contributed by atoms with Crippen LogP contribution in [0.1, 0.15) is 11.1 Å². The number of fused-ring (bicyclic) bond motifs is 1. The molecule has 0 spiro atoms. The Morgan fingerprint density at radius 3 is 2.69 bits per heavy atom. The molecule has 1 unspecified atom stereocenters. The lowest BCUT2D eigenvalue weighted by Gasteiger charge is -2.28. The number of hydrogen-bond donors (Lipinski definition) is 2. The summed E-state index contributed by atoms with van der Waals surface area (Å²) in [5.41, 5.74) is 0.671. The van der Waals surface area contributed by atoms with Crippen LogP contribution in [-0.4, -0.2) is 48.8 Å². The highest BCUT2D eigenvalue weighted by Gasteiger charge is 2.31. The topological polar surface area (TPSA) is 108 Å². The van der Waals surface area contributed by atoms with Crippen LogP contribution < -0.4 is 15.5 Å². The monoisotopic (exact) mass is 568 g/mol. The summed E-state index contributed by atoms with van der Waals surface area (Å²) in [5.74, 6) is -0.439. The largest absolute Gasteiger partial charge is 0.330 e. The second-order valence-corrected chi connectivity index (χ2v) is 9.53. The normalized spacial score (nSPS) is 14.0. The molecule has 0 saturated carbocycles. The number of aryl methyl sites for hydroxylation is 1. The summed E-state index contributed by atoms with van der Waals surface area (Å²) in [4.78, 5) is 38.2. The van der Waals surface area contributed by atoms with Crippen molar-refractivity contribution < 1.29 is 14.0 Å². The average molecular weight is 569 g/mol. The van der Waals surface area contributed by atoms with Gasteiger partial charge in [-0.3, -0.25) is 9.48 Å². The van der Waals surface area contributed by atoms with Gasteiger partial charge in [-0.25, -0.2) is 19.1 Å². The van der Waals surface area contributed by atoms with E-state index in [2.05, 4.69) is 25.7 Å². The van der Waals surface area contributed by atoms with Gasteiger partial charge in [-0.15, -0.1) is 0 Å². The second kappa shape index (κ2) is 11.3. The van der Waals surface area contributed by atoms with Gasteiger partial charge in [0.15, 0.2) is 5.15 Å². The average Bonchev–Trinajstić information content (AvgIpc) is 3.16. The molecule has 1 aliphatic heterocycles. The van der Waals surface area contributed by atoms with Crippen molar-refractivity contribution in [1.29, 1.82) is 0 Å². The van der Waals surface area contributed by atoms with Crippen LogP contribution in [0.4, 0.5) is 38.0 Å². The molecule has 3 amide bonds.